The van der Waals surface area contributed by atoms with E-state index in [0.717, 1.165) is 37.3 Å². The molecule has 6 heteroatoms. The molecular weight excluding hydrogens is 343 g/mol. The van der Waals surface area contributed by atoms with E-state index in [0.29, 0.717) is 18.1 Å². The first-order valence-corrected chi connectivity index (χ1v) is 9.62. The number of fused-ring (bicyclic) bond motifs is 1. The van der Waals surface area contributed by atoms with Crippen molar-refractivity contribution in [1.82, 2.24) is 19.5 Å². The van der Waals surface area contributed by atoms with Crippen molar-refractivity contribution >= 4 is 5.65 Å². The number of nitrogens with zero attached hydrogens (tertiary/aromatic N) is 3. The molecule has 1 saturated heterocycles. The summed E-state index contributed by atoms with van der Waals surface area (Å²) < 4.78 is 14.5. The molecule has 142 valence electrons. The zero-order valence-electron chi connectivity index (χ0n) is 15.6. The number of aryl methyl sites for hydroxylation is 2. The second-order valence-electron chi connectivity index (χ2n) is 7.63. The van der Waals surface area contributed by atoms with Gasteiger partial charge in [0.15, 0.2) is 5.65 Å². The molecule has 0 bridgehead atoms. The lowest BCUT2D eigenvalue weighted by molar-refractivity contribution is 0.160. The summed E-state index contributed by atoms with van der Waals surface area (Å²) >= 11 is 0. The number of hydrogen-bond acceptors (Lipinski definition) is 3. The van der Waals surface area contributed by atoms with Crippen molar-refractivity contribution in [1.29, 1.82) is 0 Å². The van der Waals surface area contributed by atoms with Crippen molar-refractivity contribution in [3.8, 4) is 0 Å². The Morgan fingerprint density at radius 2 is 2.07 bits per heavy atom. The molecule has 1 atom stereocenters. The Kier molecular flexibility index (Phi) is 5.07. The summed E-state index contributed by atoms with van der Waals surface area (Å²) in [7, 11) is 0. The maximum Gasteiger partial charge on any atom is 0.272 e. The summed E-state index contributed by atoms with van der Waals surface area (Å²) in [5.74, 6) is 0.448. The monoisotopic (exact) mass is 368 g/mol. The van der Waals surface area contributed by atoms with Crippen LogP contribution in [0, 0.1) is 18.7 Å². The van der Waals surface area contributed by atoms with Gasteiger partial charge in [0.1, 0.15) is 5.82 Å². The Bertz CT molecular complexity index is 976. The first-order chi connectivity index (χ1) is 13.1. The van der Waals surface area contributed by atoms with Crippen LogP contribution in [0.5, 0.6) is 0 Å². The van der Waals surface area contributed by atoms with Gasteiger partial charge in [0.2, 0.25) is 0 Å². The predicted molar refractivity (Wildman–Crippen MR) is 103 cm³/mol. The normalized spacial score (nSPS) is 18.2. The van der Waals surface area contributed by atoms with Crippen molar-refractivity contribution < 1.29 is 4.39 Å². The van der Waals surface area contributed by atoms with Gasteiger partial charge in [0, 0.05) is 30.9 Å². The molecule has 0 unspecified atom stereocenters. The van der Waals surface area contributed by atoms with Crippen molar-refractivity contribution in [2.45, 2.75) is 39.2 Å². The number of aromatic amines is 1. The van der Waals surface area contributed by atoms with E-state index in [1.54, 1.807) is 6.07 Å². The molecule has 1 N–H and O–H groups in total. The summed E-state index contributed by atoms with van der Waals surface area (Å²) in [6, 6.07) is 10.3. The highest BCUT2D eigenvalue weighted by atomic mass is 19.1. The topological polar surface area (TPSA) is 53.4 Å². The number of likely N-dealkylation sites (tertiary alicyclic amines) is 1. The first kappa shape index (κ1) is 17.9. The van der Waals surface area contributed by atoms with E-state index >= 15 is 0 Å². The molecule has 0 radical (unpaired) electrons. The lowest BCUT2D eigenvalue weighted by atomic mass is 9.91. The van der Waals surface area contributed by atoms with Crippen LogP contribution >= 0.6 is 0 Å². The summed E-state index contributed by atoms with van der Waals surface area (Å²) in [4.78, 5) is 19.3. The third-order valence-corrected chi connectivity index (χ3v) is 5.37. The number of halogens is 1. The fourth-order valence-corrected chi connectivity index (χ4v) is 4.02. The highest BCUT2D eigenvalue weighted by Gasteiger charge is 2.20. The maximum absolute atomic E-state index is 13.0. The second kappa shape index (κ2) is 7.64. The Labute approximate surface area is 157 Å². The molecule has 4 rings (SSSR count). The molecule has 0 aliphatic carbocycles. The number of piperidine rings is 1. The molecule has 0 spiro atoms. The van der Waals surface area contributed by atoms with Gasteiger partial charge in [-0.1, -0.05) is 12.1 Å². The van der Waals surface area contributed by atoms with Crippen LogP contribution in [-0.2, 0) is 13.0 Å². The van der Waals surface area contributed by atoms with Crippen LogP contribution in [0.1, 0.15) is 36.2 Å². The van der Waals surface area contributed by atoms with Crippen LogP contribution in [0.15, 0.2) is 41.2 Å². The van der Waals surface area contributed by atoms with Gasteiger partial charge in [-0.05, 0) is 62.8 Å². The fraction of sp³-hybridized carbons (Fsp3) is 0.429. The van der Waals surface area contributed by atoms with Gasteiger partial charge in [0.25, 0.3) is 5.56 Å². The second-order valence-corrected chi connectivity index (χ2v) is 7.63. The summed E-state index contributed by atoms with van der Waals surface area (Å²) in [6.07, 6.45) is 4.48. The minimum atomic E-state index is -0.180. The van der Waals surface area contributed by atoms with Crippen LogP contribution in [0.4, 0.5) is 4.39 Å². The van der Waals surface area contributed by atoms with Gasteiger partial charge >= 0.3 is 0 Å². The van der Waals surface area contributed by atoms with Crippen LogP contribution in [0.3, 0.4) is 0 Å². The van der Waals surface area contributed by atoms with Gasteiger partial charge < -0.3 is 0 Å². The van der Waals surface area contributed by atoms with Crippen LogP contribution in [0.25, 0.3) is 5.65 Å². The highest BCUT2D eigenvalue weighted by molar-refractivity contribution is 5.39. The molecule has 1 aliphatic heterocycles. The summed E-state index contributed by atoms with van der Waals surface area (Å²) in [5, 5.41) is 3.00. The average Bonchev–Trinajstić information content (AvgIpc) is 3.02. The number of H-pyrrole nitrogens is 1. The standard InChI is InChI=1S/C21H25FN4O/c1-15-11-20-23-19(12-21(27)26(20)24-15)14-25-10-2-3-17(13-25)5-4-16-6-8-18(22)9-7-16/h6-9,11-12,17,24H,2-5,10,13-14H2,1H3/t17-/m1/s1. The summed E-state index contributed by atoms with van der Waals surface area (Å²) in [5.41, 5.74) is 3.57. The third-order valence-electron chi connectivity index (χ3n) is 5.37. The number of nitrogens with one attached hydrogen (secondary N) is 1. The number of aromatic nitrogens is 3. The van der Waals surface area contributed by atoms with E-state index in [2.05, 4.69) is 15.0 Å². The lowest BCUT2D eigenvalue weighted by Crippen LogP contribution is -2.35. The minimum absolute atomic E-state index is 0.0621. The van der Waals surface area contributed by atoms with Gasteiger partial charge in [-0.3, -0.25) is 14.8 Å². The Morgan fingerprint density at radius 1 is 1.26 bits per heavy atom. The molecule has 0 amide bonds. The predicted octanol–water partition coefficient (Wildman–Crippen LogP) is 3.31. The highest BCUT2D eigenvalue weighted by Crippen LogP contribution is 2.22. The third kappa shape index (κ3) is 4.27. The quantitative estimate of drug-likeness (QED) is 0.752. The summed E-state index contributed by atoms with van der Waals surface area (Å²) in [6.45, 7) is 4.70. The molecule has 1 aromatic carbocycles. The van der Waals surface area contributed by atoms with E-state index in [9.17, 15) is 9.18 Å². The number of hydrogen-bond donors (Lipinski definition) is 1. The van der Waals surface area contributed by atoms with Gasteiger partial charge in [-0.15, -0.1) is 0 Å². The van der Waals surface area contributed by atoms with Gasteiger partial charge in [-0.25, -0.2) is 13.9 Å². The molecular formula is C21H25FN4O. The van der Waals surface area contributed by atoms with E-state index < -0.39 is 0 Å². The smallest absolute Gasteiger partial charge is 0.272 e. The van der Waals surface area contributed by atoms with Crippen LogP contribution in [0.2, 0.25) is 0 Å². The zero-order chi connectivity index (χ0) is 18.8. The number of rotatable bonds is 5. The van der Waals surface area contributed by atoms with E-state index in [4.69, 9.17) is 0 Å². The molecule has 5 nitrogen and oxygen atoms in total. The molecule has 3 heterocycles. The minimum Gasteiger partial charge on any atom is -0.297 e. The maximum atomic E-state index is 13.0. The van der Waals surface area contributed by atoms with E-state index in [1.807, 2.05) is 25.1 Å². The largest absolute Gasteiger partial charge is 0.297 e. The van der Waals surface area contributed by atoms with E-state index in [1.165, 1.54) is 35.1 Å². The van der Waals surface area contributed by atoms with Crippen molar-refractivity contribution in [3.63, 3.8) is 0 Å². The number of benzene rings is 1. The Morgan fingerprint density at radius 3 is 2.89 bits per heavy atom. The molecule has 0 saturated carbocycles. The van der Waals surface area contributed by atoms with Gasteiger partial charge in [-0.2, -0.15) is 0 Å². The SMILES string of the molecule is Cc1cc2nc(CN3CCC[C@H](CCc4ccc(F)cc4)C3)cc(=O)n2[nH]1. The molecule has 2 aromatic heterocycles. The zero-order valence-corrected chi connectivity index (χ0v) is 15.6. The van der Waals surface area contributed by atoms with Crippen LogP contribution in [-0.4, -0.2) is 32.6 Å². The molecule has 1 aliphatic rings. The average molecular weight is 368 g/mol. The van der Waals surface area contributed by atoms with Gasteiger partial charge in [0.05, 0.1) is 5.69 Å². The van der Waals surface area contributed by atoms with E-state index in [-0.39, 0.29) is 11.4 Å². The lowest BCUT2D eigenvalue weighted by Gasteiger charge is -2.32. The Balaban J connectivity index is 1.38. The molecule has 1 fully saturated rings. The van der Waals surface area contributed by atoms with Crippen LogP contribution < -0.4 is 5.56 Å². The van der Waals surface area contributed by atoms with Crippen molar-refractivity contribution in [2.75, 3.05) is 13.1 Å². The van der Waals surface area contributed by atoms with Crippen molar-refractivity contribution in [2.24, 2.45) is 5.92 Å². The Hall–Kier alpha value is -2.47. The van der Waals surface area contributed by atoms with Crippen molar-refractivity contribution in [3.05, 3.63) is 69.5 Å². The fourth-order valence-electron chi connectivity index (χ4n) is 4.02. The molecule has 3 aromatic rings. The first-order valence-electron chi connectivity index (χ1n) is 9.62. The molecule has 27 heavy (non-hydrogen) atoms.